The molecule has 3 aromatic heterocycles. The van der Waals surface area contributed by atoms with Gasteiger partial charge in [0.2, 0.25) is 17.7 Å². The second-order valence-electron chi connectivity index (χ2n) is 13.3. The number of rotatable bonds is 15. The lowest BCUT2D eigenvalue weighted by molar-refractivity contribution is -0.142. The van der Waals surface area contributed by atoms with E-state index in [0.717, 1.165) is 56.1 Å². The molecule has 3 N–H and O–H groups in total. The highest BCUT2D eigenvalue weighted by Crippen LogP contribution is 2.40. The molecule has 2 unspecified atom stereocenters. The predicted molar refractivity (Wildman–Crippen MR) is 185 cm³/mol. The quantitative estimate of drug-likeness (QED) is 0.132. The van der Waals surface area contributed by atoms with Gasteiger partial charge in [-0.15, -0.1) is 11.3 Å². The van der Waals surface area contributed by atoms with Crippen molar-refractivity contribution in [3.8, 4) is 17.4 Å². The van der Waals surface area contributed by atoms with Gasteiger partial charge in [0.25, 0.3) is 0 Å². The fraction of sp³-hybridized carbons (Fsp3) is 0.571. The lowest BCUT2D eigenvalue weighted by Gasteiger charge is -2.28. The summed E-state index contributed by atoms with van der Waals surface area (Å²) >= 11 is 1.44. The molecule has 4 heterocycles. The first kappa shape index (κ1) is 35.3. The topological polar surface area (TPSA) is 181 Å². The van der Waals surface area contributed by atoms with E-state index in [1.807, 2.05) is 17.5 Å². The lowest BCUT2D eigenvalue weighted by atomic mass is 10.0. The number of nitrogens with two attached hydrogens (primary N) is 1. The number of likely N-dealkylation sites (tertiary alicyclic amines) is 1. The largest absolute Gasteiger partial charge is 0.471 e. The average Bonchev–Trinajstić information content (AvgIpc) is 3.62. The van der Waals surface area contributed by atoms with E-state index in [1.165, 1.54) is 23.3 Å². The number of thiophene rings is 1. The van der Waals surface area contributed by atoms with Crippen LogP contribution in [0.5, 0.6) is 5.88 Å². The number of aryl methyl sites for hydroxylation is 1. The molecule has 6 rings (SSSR count). The number of carbonyl (C=O) groups is 4. The van der Waals surface area contributed by atoms with Gasteiger partial charge >= 0.3 is 12.1 Å². The van der Waals surface area contributed by atoms with Crippen LogP contribution >= 0.6 is 11.3 Å². The highest BCUT2D eigenvalue weighted by molar-refractivity contribution is 7.17. The molecule has 1 aliphatic heterocycles. The van der Waals surface area contributed by atoms with Gasteiger partial charge < -0.3 is 30.2 Å². The molecule has 0 radical (unpaired) electrons. The second kappa shape index (κ2) is 16.0. The second-order valence-corrected chi connectivity index (χ2v) is 14.2. The Hall–Kier alpha value is -4.53. The highest BCUT2D eigenvalue weighted by atomic mass is 32.1. The predicted octanol–water partition coefficient (Wildman–Crippen LogP) is 4.28. The van der Waals surface area contributed by atoms with Crippen LogP contribution in [0.4, 0.5) is 4.79 Å². The number of carbonyl (C=O) groups excluding carboxylic acids is 4. The van der Waals surface area contributed by atoms with Crippen molar-refractivity contribution >= 4 is 45.4 Å². The van der Waals surface area contributed by atoms with Crippen LogP contribution in [-0.4, -0.2) is 86.5 Å². The van der Waals surface area contributed by atoms with Gasteiger partial charge in [0, 0.05) is 19.7 Å². The van der Waals surface area contributed by atoms with Crippen LogP contribution in [0, 0.1) is 11.8 Å². The number of ether oxygens (including phenoxy) is 3. The number of alkyl carbamates (subject to hydrolysis) is 1. The molecule has 3 aromatic rings. The Labute approximate surface area is 294 Å². The fourth-order valence-electron chi connectivity index (χ4n) is 6.88. The Bertz CT molecular complexity index is 1720. The van der Waals surface area contributed by atoms with Crippen LogP contribution in [-0.2, 0) is 30.9 Å². The zero-order chi connectivity index (χ0) is 35.2. The van der Waals surface area contributed by atoms with Crippen molar-refractivity contribution in [1.29, 1.82) is 0 Å². The molecular weight excluding hydrogens is 662 g/mol. The molecule has 14 nitrogen and oxygen atoms in total. The number of hydrogen-bond donors (Lipinski definition) is 2. The molecule has 0 spiro atoms. The van der Waals surface area contributed by atoms with Crippen molar-refractivity contribution < 1.29 is 33.4 Å². The maximum absolute atomic E-state index is 14.1. The van der Waals surface area contributed by atoms with E-state index in [2.05, 4.69) is 27.6 Å². The molecule has 0 bridgehead atoms. The maximum atomic E-state index is 14.1. The van der Waals surface area contributed by atoms with Crippen LogP contribution in [0.15, 0.2) is 35.9 Å². The van der Waals surface area contributed by atoms with E-state index in [0.29, 0.717) is 35.8 Å². The highest BCUT2D eigenvalue weighted by Gasteiger charge is 2.43. The van der Waals surface area contributed by atoms with Crippen molar-refractivity contribution in [3.05, 3.63) is 35.9 Å². The molecule has 2 saturated carbocycles. The summed E-state index contributed by atoms with van der Waals surface area (Å²) in [5, 5.41) is 8.94. The third-order valence-corrected chi connectivity index (χ3v) is 10.6. The van der Waals surface area contributed by atoms with Crippen LogP contribution < -0.4 is 15.8 Å². The summed E-state index contributed by atoms with van der Waals surface area (Å²) in [6, 6.07) is 1.89. The van der Waals surface area contributed by atoms with Gasteiger partial charge in [0.1, 0.15) is 34.7 Å². The summed E-state index contributed by atoms with van der Waals surface area (Å²) in [4.78, 5) is 62.2. The number of esters is 1. The molecular formula is C35H45N7O7S. The molecule has 5 atom stereocenters. The number of unbranched alkanes of at least 4 members (excludes halogenated alkanes) is 3. The molecule has 268 valence electrons. The van der Waals surface area contributed by atoms with E-state index in [1.54, 1.807) is 17.9 Å². The first-order chi connectivity index (χ1) is 24.2. The number of fused-ring (bicyclic) bond motifs is 1. The first-order valence-electron chi connectivity index (χ1n) is 17.4. The van der Waals surface area contributed by atoms with Gasteiger partial charge in [-0.05, 0) is 74.8 Å². The summed E-state index contributed by atoms with van der Waals surface area (Å²) in [6.07, 6.45) is 12.7. The van der Waals surface area contributed by atoms with Crippen molar-refractivity contribution in [2.45, 2.75) is 94.9 Å². The van der Waals surface area contributed by atoms with Crippen LogP contribution in [0.1, 0.15) is 70.6 Å². The Balaban J connectivity index is 1.10. The number of primary amides is 1. The molecule has 3 fully saturated rings. The molecule has 0 aromatic carbocycles. The number of hydrogen-bond acceptors (Lipinski definition) is 11. The minimum atomic E-state index is -0.916. The molecule has 3 aliphatic rings. The SMILES string of the molecule is COC(=O)[C@H]1C[C@H]1/C=C\CCCCCC(NC(=O)OC1CCCC1)C(=O)N1CC(Oc2nc(-c3ccnn3C)nc3ccsc23)C[C@H]1C(N)=O. The maximum Gasteiger partial charge on any atom is 0.408 e. The third-order valence-electron chi connectivity index (χ3n) is 9.73. The van der Waals surface area contributed by atoms with E-state index in [4.69, 9.17) is 24.9 Å². The average molecular weight is 708 g/mol. The summed E-state index contributed by atoms with van der Waals surface area (Å²) in [5.74, 6) is -0.178. The van der Waals surface area contributed by atoms with Crippen molar-refractivity contribution in [3.63, 3.8) is 0 Å². The number of allylic oxidation sites excluding steroid dienone is 2. The van der Waals surface area contributed by atoms with Crippen molar-refractivity contribution in [2.75, 3.05) is 13.7 Å². The number of amides is 3. The van der Waals surface area contributed by atoms with Gasteiger partial charge in [0.15, 0.2) is 5.82 Å². The Morgan fingerprint density at radius 3 is 2.66 bits per heavy atom. The normalized spacial score (nSPS) is 22.6. The third kappa shape index (κ3) is 8.42. The van der Waals surface area contributed by atoms with Crippen molar-refractivity contribution in [1.82, 2.24) is 30.0 Å². The minimum Gasteiger partial charge on any atom is -0.471 e. The summed E-state index contributed by atoms with van der Waals surface area (Å²) in [6.45, 7) is 0.0960. The van der Waals surface area contributed by atoms with E-state index >= 15 is 0 Å². The lowest BCUT2D eigenvalue weighted by Crippen LogP contribution is -2.53. The number of nitrogens with one attached hydrogen (secondary N) is 1. The zero-order valence-electron chi connectivity index (χ0n) is 28.5. The summed E-state index contributed by atoms with van der Waals surface area (Å²) < 4.78 is 19.3. The van der Waals surface area contributed by atoms with Gasteiger partial charge in [0.05, 0.1) is 25.1 Å². The fourth-order valence-corrected chi connectivity index (χ4v) is 7.64. The number of nitrogens with zero attached hydrogens (tertiary/aromatic N) is 5. The smallest absolute Gasteiger partial charge is 0.408 e. The standard InChI is InChI=1S/C35H45N7O7S/c1-41-27(14-16-37-41)31-38-25-15-17-50-29(25)32(40-31)48-23-19-28(30(36)43)42(20-23)33(44)26(39-35(46)49-22-11-8-9-12-22)13-7-5-3-4-6-10-21-18-24(21)34(45)47-2/h6,10,14-17,21-24,26,28H,3-5,7-9,11-13,18-20H2,1-2H3,(H2,36,43)(H,39,46)/b10-6-/t21-,23?,24+,26?,28+/m1/s1. The minimum absolute atomic E-state index is 0.0280. The van der Waals surface area contributed by atoms with Crippen LogP contribution in [0.2, 0.25) is 0 Å². The van der Waals surface area contributed by atoms with E-state index in [9.17, 15) is 19.2 Å². The van der Waals surface area contributed by atoms with Crippen LogP contribution in [0.3, 0.4) is 0 Å². The van der Waals surface area contributed by atoms with Gasteiger partial charge in [-0.3, -0.25) is 19.1 Å². The van der Waals surface area contributed by atoms with E-state index in [-0.39, 0.29) is 36.9 Å². The molecule has 2 aliphatic carbocycles. The molecule has 50 heavy (non-hydrogen) atoms. The van der Waals surface area contributed by atoms with E-state index < -0.39 is 36.1 Å². The van der Waals surface area contributed by atoms with Crippen molar-refractivity contribution in [2.24, 2.45) is 24.6 Å². The number of methoxy groups -OCH3 is 1. The number of aromatic nitrogens is 4. The van der Waals surface area contributed by atoms with Gasteiger partial charge in [-0.2, -0.15) is 10.1 Å². The monoisotopic (exact) mass is 707 g/mol. The Morgan fingerprint density at radius 2 is 1.92 bits per heavy atom. The summed E-state index contributed by atoms with van der Waals surface area (Å²) in [5.41, 5.74) is 7.26. The van der Waals surface area contributed by atoms with Gasteiger partial charge in [-0.1, -0.05) is 25.0 Å². The first-order valence-corrected chi connectivity index (χ1v) is 18.3. The molecule has 1 saturated heterocycles. The van der Waals surface area contributed by atoms with Crippen LogP contribution in [0.25, 0.3) is 21.7 Å². The molecule has 3 amide bonds. The summed E-state index contributed by atoms with van der Waals surface area (Å²) in [7, 11) is 3.21. The Morgan fingerprint density at radius 1 is 1.10 bits per heavy atom. The Kier molecular flexibility index (Phi) is 11.3. The zero-order valence-corrected chi connectivity index (χ0v) is 29.3. The molecule has 15 heteroatoms. The van der Waals surface area contributed by atoms with Gasteiger partial charge in [-0.25, -0.2) is 9.78 Å².